The third kappa shape index (κ3) is 4.31. The SMILES string of the molecule is C=CC(=C)CC(O[Si](C)(C)C)(c1ccccc1)c1ccccc1. The van der Waals surface area contributed by atoms with Crippen molar-refractivity contribution in [3.63, 3.8) is 0 Å². The van der Waals surface area contributed by atoms with E-state index in [1.807, 2.05) is 18.2 Å². The lowest BCUT2D eigenvalue weighted by Crippen LogP contribution is -2.42. The van der Waals surface area contributed by atoms with Crippen LogP contribution in [0.4, 0.5) is 0 Å². The van der Waals surface area contributed by atoms with Crippen molar-refractivity contribution in [1.82, 2.24) is 0 Å². The molecule has 1 nitrogen and oxygen atoms in total. The lowest BCUT2D eigenvalue weighted by atomic mass is 9.81. The van der Waals surface area contributed by atoms with Crippen LogP contribution in [0.1, 0.15) is 17.5 Å². The van der Waals surface area contributed by atoms with Gasteiger partial charge in [0.25, 0.3) is 0 Å². The van der Waals surface area contributed by atoms with E-state index in [0.717, 1.165) is 16.7 Å². The van der Waals surface area contributed by atoms with Gasteiger partial charge in [-0.15, -0.1) is 0 Å². The smallest absolute Gasteiger partial charge is 0.185 e. The number of allylic oxidation sites excluding steroid dienone is 1. The average molecular weight is 323 g/mol. The van der Waals surface area contributed by atoms with Crippen LogP contribution >= 0.6 is 0 Å². The number of hydrogen-bond donors (Lipinski definition) is 0. The van der Waals surface area contributed by atoms with Gasteiger partial charge >= 0.3 is 0 Å². The van der Waals surface area contributed by atoms with Gasteiger partial charge < -0.3 is 4.43 Å². The zero-order chi connectivity index (χ0) is 16.9. The van der Waals surface area contributed by atoms with Crippen LogP contribution in [0.15, 0.2) is 85.5 Å². The van der Waals surface area contributed by atoms with Gasteiger partial charge in [-0.05, 0) is 30.8 Å². The van der Waals surface area contributed by atoms with Crippen LogP contribution < -0.4 is 0 Å². The molecule has 0 fully saturated rings. The van der Waals surface area contributed by atoms with Crippen molar-refractivity contribution >= 4 is 8.32 Å². The first-order chi connectivity index (χ1) is 10.9. The van der Waals surface area contributed by atoms with E-state index in [4.69, 9.17) is 4.43 Å². The van der Waals surface area contributed by atoms with E-state index < -0.39 is 13.9 Å². The molecule has 2 aromatic rings. The van der Waals surface area contributed by atoms with Crippen molar-refractivity contribution in [1.29, 1.82) is 0 Å². The Hall–Kier alpha value is -1.90. The Morgan fingerprint density at radius 1 is 0.957 bits per heavy atom. The Morgan fingerprint density at radius 3 is 1.74 bits per heavy atom. The van der Waals surface area contributed by atoms with E-state index in [9.17, 15) is 0 Å². The van der Waals surface area contributed by atoms with E-state index in [1.165, 1.54) is 0 Å². The summed E-state index contributed by atoms with van der Waals surface area (Å²) in [6.07, 6.45) is 2.53. The molecule has 0 atom stereocenters. The van der Waals surface area contributed by atoms with Crippen LogP contribution in [-0.4, -0.2) is 8.32 Å². The Labute approximate surface area is 141 Å². The molecule has 2 rings (SSSR count). The molecule has 2 aromatic carbocycles. The van der Waals surface area contributed by atoms with E-state index in [2.05, 4.69) is 81.3 Å². The molecule has 0 amide bonds. The minimum Gasteiger partial charge on any atom is -0.404 e. The van der Waals surface area contributed by atoms with Crippen molar-refractivity contribution in [2.75, 3.05) is 0 Å². The molecule has 0 aliphatic carbocycles. The normalized spacial score (nSPS) is 12.0. The Bertz CT molecular complexity index is 614. The summed E-state index contributed by atoms with van der Waals surface area (Å²) in [4.78, 5) is 0. The molecule has 0 aliphatic rings. The van der Waals surface area contributed by atoms with Crippen molar-refractivity contribution in [2.24, 2.45) is 0 Å². The van der Waals surface area contributed by atoms with Crippen LogP contribution in [0.3, 0.4) is 0 Å². The lowest BCUT2D eigenvalue weighted by Gasteiger charge is -2.40. The second kappa shape index (κ2) is 7.11. The maximum atomic E-state index is 6.80. The van der Waals surface area contributed by atoms with Gasteiger partial charge in [0, 0.05) is 6.42 Å². The highest BCUT2D eigenvalue weighted by Gasteiger charge is 2.39. The predicted octanol–water partition coefficient (Wildman–Crippen LogP) is 5.91. The second-order valence-corrected chi connectivity index (χ2v) is 11.2. The molecule has 0 N–H and O–H groups in total. The molecule has 0 aromatic heterocycles. The first-order valence-electron chi connectivity index (χ1n) is 7.99. The van der Waals surface area contributed by atoms with Crippen LogP contribution in [0, 0.1) is 0 Å². The fourth-order valence-corrected chi connectivity index (χ4v) is 4.21. The quantitative estimate of drug-likeness (QED) is 0.454. The van der Waals surface area contributed by atoms with Gasteiger partial charge in [-0.3, -0.25) is 0 Å². The molecular formula is C21H26OSi. The third-order valence-electron chi connectivity index (χ3n) is 3.73. The van der Waals surface area contributed by atoms with Gasteiger partial charge in [0.15, 0.2) is 8.32 Å². The molecule has 0 saturated carbocycles. The van der Waals surface area contributed by atoms with Crippen LogP contribution in [-0.2, 0) is 10.0 Å². The molecule has 0 bridgehead atoms. The van der Waals surface area contributed by atoms with E-state index in [-0.39, 0.29) is 0 Å². The molecule has 0 heterocycles. The highest BCUT2D eigenvalue weighted by atomic mass is 28.4. The van der Waals surface area contributed by atoms with Crippen molar-refractivity contribution in [3.05, 3.63) is 96.6 Å². The minimum atomic E-state index is -1.81. The van der Waals surface area contributed by atoms with Crippen LogP contribution in [0.25, 0.3) is 0 Å². The van der Waals surface area contributed by atoms with Crippen molar-refractivity contribution in [2.45, 2.75) is 31.7 Å². The third-order valence-corrected chi connectivity index (χ3v) is 4.69. The van der Waals surface area contributed by atoms with Gasteiger partial charge in [-0.1, -0.05) is 85.5 Å². The van der Waals surface area contributed by atoms with E-state index in [0.29, 0.717) is 6.42 Å². The monoisotopic (exact) mass is 322 g/mol. The molecule has 23 heavy (non-hydrogen) atoms. The summed E-state index contributed by atoms with van der Waals surface area (Å²) in [6.45, 7) is 14.7. The van der Waals surface area contributed by atoms with Gasteiger partial charge in [0.2, 0.25) is 0 Å². The maximum Gasteiger partial charge on any atom is 0.185 e. The van der Waals surface area contributed by atoms with Crippen molar-refractivity contribution < 1.29 is 4.43 Å². The second-order valence-electron chi connectivity index (χ2n) is 6.81. The fraction of sp³-hybridized carbons (Fsp3) is 0.238. The molecule has 0 saturated heterocycles. The van der Waals surface area contributed by atoms with Gasteiger partial charge in [0.1, 0.15) is 5.60 Å². The average Bonchev–Trinajstić information content (AvgIpc) is 2.54. The zero-order valence-electron chi connectivity index (χ0n) is 14.4. The first kappa shape index (κ1) is 17.5. The van der Waals surface area contributed by atoms with Crippen molar-refractivity contribution in [3.8, 4) is 0 Å². The largest absolute Gasteiger partial charge is 0.404 e. The summed E-state index contributed by atoms with van der Waals surface area (Å²) in [5.74, 6) is 0. The molecular weight excluding hydrogens is 296 g/mol. The highest BCUT2D eigenvalue weighted by molar-refractivity contribution is 6.69. The van der Waals surface area contributed by atoms with E-state index >= 15 is 0 Å². The van der Waals surface area contributed by atoms with Gasteiger partial charge in [0.05, 0.1) is 0 Å². The Morgan fingerprint density at radius 2 is 1.39 bits per heavy atom. The highest BCUT2D eigenvalue weighted by Crippen LogP contribution is 2.41. The molecule has 0 aliphatic heterocycles. The number of rotatable bonds is 7. The molecule has 2 heteroatoms. The summed E-state index contributed by atoms with van der Waals surface area (Å²) in [5, 5.41) is 0. The Kier molecular flexibility index (Phi) is 5.40. The van der Waals surface area contributed by atoms with Gasteiger partial charge in [-0.2, -0.15) is 0 Å². The first-order valence-corrected chi connectivity index (χ1v) is 11.4. The molecule has 0 radical (unpaired) electrons. The predicted molar refractivity (Wildman–Crippen MR) is 102 cm³/mol. The van der Waals surface area contributed by atoms with Crippen LogP contribution in [0.5, 0.6) is 0 Å². The number of hydrogen-bond acceptors (Lipinski definition) is 1. The molecule has 0 spiro atoms. The summed E-state index contributed by atoms with van der Waals surface area (Å²) in [7, 11) is -1.81. The molecule has 0 unspecified atom stereocenters. The maximum absolute atomic E-state index is 6.80. The fourth-order valence-electron chi connectivity index (χ4n) is 2.85. The standard InChI is InChI=1S/C21H26OSi/c1-6-18(2)17-21(22-23(3,4)5,19-13-9-7-10-14-19)20-15-11-8-12-16-20/h6-16H,1-2,17H2,3-5H3. The van der Waals surface area contributed by atoms with Gasteiger partial charge in [-0.25, -0.2) is 0 Å². The minimum absolute atomic E-state index is 0.516. The Balaban J connectivity index is 2.67. The number of benzene rings is 2. The summed E-state index contributed by atoms with van der Waals surface area (Å²) in [6, 6.07) is 20.9. The summed E-state index contributed by atoms with van der Waals surface area (Å²) in [5.41, 5.74) is 2.79. The summed E-state index contributed by atoms with van der Waals surface area (Å²) < 4.78 is 6.80. The summed E-state index contributed by atoms with van der Waals surface area (Å²) >= 11 is 0. The zero-order valence-corrected chi connectivity index (χ0v) is 15.4. The topological polar surface area (TPSA) is 9.23 Å². The molecule has 120 valence electrons. The lowest BCUT2D eigenvalue weighted by molar-refractivity contribution is 0.103. The van der Waals surface area contributed by atoms with E-state index in [1.54, 1.807) is 0 Å². The van der Waals surface area contributed by atoms with Crippen LogP contribution in [0.2, 0.25) is 19.6 Å².